The van der Waals surface area contributed by atoms with Crippen LogP contribution in [0, 0.1) is 0 Å². The van der Waals surface area contributed by atoms with Crippen molar-refractivity contribution >= 4 is 54.6 Å². The third-order valence-electron chi connectivity index (χ3n) is 14.9. The van der Waals surface area contributed by atoms with Crippen molar-refractivity contribution in [1.29, 1.82) is 0 Å². The molecular weight excluding hydrogens is 819 g/mol. The van der Waals surface area contributed by atoms with Crippen LogP contribution in [-0.4, -0.2) is 15.0 Å². The Morgan fingerprint density at radius 2 is 0.731 bits per heavy atom. The molecule has 1 unspecified atom stereocenters. The highest BCUT2D eigenvalue weighted by atomic mass is 16.3. The van der Waals surface area contributed by atoms with Crippen LogP contribution in [0.3, 0.4) is 0 Å². The minimum absolute atomic E-state index is 0.624. The van der Waals surface area contributed by atoms with Crippen molar-refractivity contribution in [1.82, 2.24) is 15.0 Å². The quantitative estimate of drug-likeness (QED) is 0.176. The number of nitrogens with zero attached hydrogens (tertiary/aromatic N) is 3. The maximum Gasteiger partial charge on any atom is 0.164 e. The lowest BCUT2D eigenvalue weighted by Crippen LogP contribution is -2.25. The van der Waals surface area contributed by atoms with Gasteiger partial charge in [-0.15, -0.1) is 0 Å². The molecule has 0 fully saturated rings. The molecule has 16 rings (SSSR count). The third kappa shape index (κ3) is 4.41. The van der Waals surface area contributed by atoms with E-state index in [0.29, 0.717) is 17.5 Å². The Morgan fingerprint density at radius 3 is 1.36 bits per heavy atom. The molecule has 308 valence electrons. The van der Waals surface area contributed by atoms with E-state index >= 15 is 0 Å². The van der Waals surface area contributed by atoms with E-state index in [4.69, 9.17) is 23.8 Å². The molecule has 3 heterocycles. The van der Waals surface area contributed by atoms with Gasteiger partial charge in [0.15, 0.2) is 17.5 Å². The number of aromatic nitrogens is 3. The fourth-order valence-electron chi connectivity index (χ4n) is 12.4. The highest BCUT2D eigenvalue weighted by molar-refractivity contribution is 6.38. The first kappa shape index (κ1) is 35.4. The zero-order chi connectivity index (χ0) is 43.5. The fraction of sp³-hybridized carbons (Fsp3) is 0.0161. The average Bonchev–Trinajstić information content (AvgIpc) is 4.12. The predicted octanol–water partition coefficient (Wildman–Crippen LogP) is 15.8. The van der Waals surface area contributed by atoms with Gasteiger partial charge in [0.2, 0.25) is 0 Å². The topological polar surface area (TPSA) is 65.0 Å². The van der Waals surface area contributed by atoms with Crippen LogP contribution < -0.4 is 0 Å². The van der Waals surface area contributed by atoms with Gasteiger partial charge in [0.05, 0.1) is 5.41 Å². The second-order valence-electron chi connectivity index (χ2n) is 18.1. The summed E-state index contributed by atoms with van der Waals surface area (Å²) >= 11 is 0. The number of fused-ring (bicyclic) bond motifs is 11. The Labute approximate surface area is 383 Å². The predicted molar refractivity (Wildman–Crippen MR) is 269 cm³/mol. The average molecular weight is 852 g/mol. The van der Waals surface area contributed by atoms with E-state index in [-0.39, 0.29) is 0 Å². The number of benzene rings is 10. The van der Waals surface area contributed by atoms with E-state index in [2.05, 4.69) is 164 Å². The molecule has 0 radical (unpaired) electrons. The molecule has 0 N–H and O–H groups in total. The van der Waals surface area contributed by atoms with E-state index < -0.39 is 5.41 Å². The number of furan rings is 2. The highest BCUT2D eigenvalue weighted by Crippen LogP contribution is 2.65. The van der Waals surface area contributed by atoms with Crippen molar-refractivity contribution in [3.05, 3.63) is 222 Å². The summed E-state index contributed by atoms with van der Waals surface area (Å²) in [6, 6.07) is 71.7. The molecule has 10 aromatic carbocycles. The maximum atomic E-state index is 6.91. The van der Waals surface area contributed by atoms with Crippen LogP contribution in [0.2, 0.25) is 0 Å². The summed E-state index contributed by atoms with van der Waals surface area (Å²) in [4.78, 5) is 15.6. The van der Waals surface area contributed by atoms with Crippen LogP contribution >= 0.6 is 0 Å². The lowest BCUT2D eigenvalue weighted by molar-refractivity contribution is 0.669. The van der Waals surface area contributed by atoms with E-state index in [9.17, 15) is 0 Å². The molecule has 0 aliphatic heterocycles. The molecule has 0 bridgehead atoms. The molecule has 1 atom stereocenters. The summed E-state index contributed by atoms with van der Waals surface area (Å²) in [6.45, 7) is 0. The normalized spacial score (nSPS) is 14.9. The van der Waals surface area contributed by atoms with Gasteiger partial charge in [-0.05, 0) is 102 Å². The summed E-state index contributed by atoms with van der Waals surface area (Å²) in [5.41, 5.74) is 20.2. The SMILES string of the molecule is c1ccc(-c2nc(-c3ccccc3)nc(-c3cccc4c3-c3ccccc3C43c4ccccc4-c4c(-c5cc6oc7cccc8c7c6c6c5ccc5oc7cccc-8c7c56)cccc43)n2)cc1. The molecule has 0 saturated carbocycles. The van der Waals surface area contributed by atoms with Crippen LogP contribution in [0.25, 0.3) is 133 Å². The molecule has 1 spiro atoms. The highest BCUT2D eigenvalue weighted by Gasteiger charge is 2.53. The van der Waals surface area contributed by atoms with Crippen molar-refractivity contribution in [3.8, 4) is 78.7 Å². The first-order chi connectivity index (χ1) is 33.2. The van der Waals surface area contributed by atoms with Crippen molar-refractivity contribution in [2.24, 2.45) is 0 Å². The van der Waals surface area contributed by atoms with E-state index in [1.807, 2.05) is 36.4 Å². The minimum atomic E-state index is -0.624. The van der Waals surface area contributed by atoms with Gasteiger partial charge in [-0.25, -0.2) is 15.0 Å². The van der Waals surface area contributed by atoms with E-state index in [1.165, 1.54) is 66.4 Å². The summed E-state index contributed by atoms with van der Waals surface area (Å²) in [5.74, 6) is 1.92. The van der Waals surface area contributed by atoms with Gasteiger partial charge < -0.3 is 8.83 Å². The van der Waals surface area contributed by atoms with Crippen LogP contribution in [0.4, 0.5) is 0 Å². The third-order valence-corrected chi connectivity index (χ3v) is 14.9. The van der Waals surface area contributed by atoms with Crippen molar-refractivity contribution in [2.45, 2.75) is 5.41 Å². The molecule has 13 aromatic rings. The van der Waals surface area contributed by atoms with Gasteiger partial charge in [-0.3, -0.25) is 0 Å². The molecule has 0 amide bonds. The smallest absolute Gasteiger partial charge is 0.164 e. The van der Waals surface area contributed by atoms with Crippen molar-refractivity contribution in [3.63, 3.8) is 0 Å². The summed E-state index contributed by atoms with van der Waals surface area (Å²) in [7, 11) is 0. The van der Waals surface area contributed by atoms with Gasteiger partial charge >= 0.3 is 0 Å². The van der Waals surface area contributed by atoms with Gasteiger partial charge in [0.25, 0.3) is 0 Å². The molecule has 3 aliphatic carbocycles. The standard InChI is InChI=1S/C62H33N3O2/c1-3-15-34(16-4-1)59-63-60(35-17-5-2-6-18-35)65-61(64-59)42-24-12-28-47-53(42)41-20-8-10-26-45(41)62(47)44-25-9-7-19-40(44)52-38(21-11-27-46(52)62)43-33-51-58-55-37(23-14-30-49(55)67-51)36-22-13-29-48-54(36)57-50(66-48)32-31-39(43)56(57)58/h1-33H. The zero-order valence-corrected chi connectivity index (χ0v) is 35.7. The summed E-state index contributed by atoms with van der Waals surface area (Å²) < 4.78 is 13.6. The number of hydrogen-bond acceptors (Lipinski definition) is 5. The Bertz CT molecular complexity index is 4250. The van der Waals surface area contributed by atoms with E-state index in [1.54, 1.807) is 0 Å². The van der Waals surface area contributed by atoms with Crippen LogP contribution in [0.1, 0.15) is 22.3 Å². The second-order valence-corrected chi connectivity index (χ2v) is 18.1. The van der Waals surface area contributed by atoms with Crippen molar-refractivity contribution < 1.29 is 8.83 Å². The molecule has 3 aromatic heterocycles. The Morgan fingerprint density at radius 1 is 0.284 bits per heavy atom. The van der Waals surface area contributed by atoms with Gasteiger partial charge in [0, 0.05) is 43.6 Å². The van der Waals surface area contributed by atoms with Crippen LogP contribution in [0.5, 0.6) is 0 Å². The summed E-state index contributed by atoms with van der Waals surface area (Å²) in [5, 5.41) is 6.97. The van der Waals surface area contributed by atoms with Crippen molar-refractivity contribution in [2.75, 3.05) is 0 Å². The number of rotatable bonds is 4. The monoisotopic (exact) mass is 851 g/mol. The molecule has 3 aliphatic rings. The molecule has 67 heavy (non-hydrogen) atoms. The second kappa shape index (κ2) is 12.7. The van der Waals surface area contributed by atoms with Crippen LogP contribution in [-0.2, 0) is 5.41 Å². The van der Waals surface area contributed by atoms with Crippen LogP contribution in [0.15, 0.2) is 209 Å². The van der Waals surface area contributed by atoms with E-state index in [0.717, 1.165) is 71.7 Å². The Kier molecular flexibility index (Phi) is 6.69. The lowest BCUT2D eigenvalue weighted by atomic mass is 9.70. The molecule has 5 heteroatoms. The molecular formula is C62H33N3O2. The van der Waals surface area contributed by atoms with Gasteiger partial charge in [-0.1, -0.05) is 170 Å². The Hall–Kier alpha value is -8.93. The van der Waals surface area contributed by atoms with Gasteiger partial charge in [0.1, 0.15) is 22.3 Å². The first-order valence-electron chi connectivity index (χ1n) is 22.8. The fourth-order valence-corrected chi connectivity index (χ4v) is 12.4. The Balaban J connectivity index is 0.993. The largest absolute Gasteiger partial charge is 0.456 e. The van der Waals surface area contributed by atoms with Gasteiger partial charge in [-0.2, -0.15) is 0 Å². The first-order valence-corrected chi connectivity index (χ1v) is 22.8. The number of hydrogen-bond donors (Lipinski definition) is 0. The maximum absolute atomic E-state index is 6.91. The lowest BCUT2D eigenvalue weighted by Gasteiger charge is -2.30. The minimum Gasteiger partial charge on any atom is -0.456 e. The molecule has 5 nitrogen and oxygen atoms in total. The molecule has 0 saturated heterocycles. The summed E-state index contributed by atoms with van der Waals surface area (Å²) in [6.07, 6.45) is 0. The zero-order valence-electron chi connectivity index (χ0n) is 35.7.